The highest BCUT2D eigenvalue weighted by Gasteiger charge is 2.06. The Hall–Kier alpha value is -0.770. The van der Waals surface area contributed by atoms with Crippen molar-refractivity contribution >= 4 is 22.8 Å². The van der Waals surface area contributed by atoms with Crippen molar-refractivity contribution in [2.24, 2.45) is 5.16 Å². The van der Waals surface area contributed by atoms with Crippen molar-refractivity contribution in [1.29, 1.82) is 0 Å². The monoisotopic (exact) mass is 150 g/mol. The minimum atomic E-state index is -0.280. The summed E-state index contributed by atoms with van der Waals surface area (Å²) in [6.07, 6.45) is 0. The van der Waals surface area contributed by atoms with Crippen LogP contribution in [0.15, 0.2) is 5.16 Å². The predicted molar refractivity (Wildman–Crippen MR) is 33.5 cm³/mol. The number of rotatable bonds is 0. The van der Waals surface area contributed by atoms with Gasteiger partial charge in [-0.2, -0.15) is 0 Å². The molecule has 0 saturated carbocycles. The van der Waals surface area contributed by atoms with Crippen LogP contribution in [0.25, 0.3) is 0 Å². The summed E-state index contributed by atoms with van der Waals surface area (Å²) >= 11 is 5.22. The molecule has 0 aromatic rings. The normalized spacial score (nSPS) is 11.2. The molecule has 0 spiro atoms. The number of carbonyl (C=O) groups excluding carboxylic acids is 1. The summed E-state index contributed by atoms with van der Waals surface area (Å²) in [5, 5.41) is 10.4. The third-order valence-corrected chi connectivity index (χ3v) is 1.16. The summed E-state index contributed by atoms with van der Waals surface area (Å²) in [5.41, 5.74) is 0. The third kappa shape index (κ3) is 2.32. The van der Waals surface area contributed by atoms with E-state index in [1.165, 1.54) is 14.0 Å². The van der Waals surface area contributed by atoms with Crippen LogP contribution in [0.5, 0.6) is 0 Å². The Morgan fingerprint density at radius 1 is 1.78 bits per heavy atom. The summed E-state index contributed by atoms with van der Waals surface area (Å²) in [6.45, 7) is 1.31. The molecule has 0 saturated heterocycles. The van der Waals surface area contributed by atoms with Gasteiger partial charge in [0.05, 0.1) is 0 Å². The van der Waals surface area contributed by atoms with Gasteiger partial charge in [-0.1, -0.05) is 5.16 Å². The number of carbonyl (C=O) groups is 1. The fraction of sp³-hybridized carbons (Fsp3) is 0.500. The average Bonchev–Trinajstić information content (AvgIpc) is 1.84. The predicted octanol–water partition coefficient (Wildman–Crippen LogP) is 0.449. The standard InChI is InChI=1S/C4H7ClN2O2/c1-3(8)7(2)4(5)6-9/h9H,1-2H3/b6-4+. The van der Waals surface area contributed by atoms with E-state index < -0.39 is 0 Å². The topological polar surface area (TPSA) is 52.9 Å². The van der Waals surface area contributed by atoms with Crippen molar-refractivity contribution < 1.29 is 10.0 Å². The van der Waals surface area contributed by atoms with Crippen LogP contribution in [0, 0.1) is 0 Å². The lowest BCUT2D eigenvalue weighted by atomic mass is 10.6. The van der Waals surface area contributed by atoms with E-state index in [1.807, 2.05) is 0 Å². The van der Waals surface area contributed by atoms with Gasteiger partial charge in [-0.15, -0.1) is 0 Å². The maximum atomic E-state index is 10.4. The van der Waals surface area contributed by atoms with Crippen LogP contribution in [0.3, 0.4) is 0 Å². The second-order valence-electron chi connectivity index (χ2n) is 1.45. The number of hydrogen-bond donors (Lipinski definition) is 1. The van der Waals surface area contributed by atoms with Gasteiger partial charge < -0.3 is 5.21 Å². The highest BCUT2D eigenvalue weighted by atomic mass is 35.5. The van der Waals surface area contributed by atoms with Crippen molar-refractivity contribution in [2.75, 3.05) is 7.05 Å². The lowest BCUT2D eigenvalue weighted by Crippen LogP contribution is -2.27. The average molecular weight is 151 g/mol. The zero-order valence-corrected chi connectivity index (χ0v) is 5.88. The van der Waals surface area contributed by atoms with Gasteiger partial charge in [0, 0.05) is 14.0 Å². The molecule has 4 nitrogen and oxygen atoms in total. The second-order valence-corrected chi connectivity index (χ2v) is 1.79. The van der Waals surface area contributed by atoms with Gasteiger partial charge in [-0.25, -0.2) is 0 Å². The van der Waals surface area contributed by atoms with E-state index >= 15 is 0 Å². The number of amidine groups is 1. The summed E-state index contributed by atoms with van der Waals surface area (Å²) in [5.74, 6) is -0.280. The number of amides is 1. The number of nitrogens with zero attached hydrogens (tertiary/aromatic N) is 2. The van der Waals surface area contributed by atoms with Gasteiger partial charge in [0.15, 0.2) is 0 Å². The van der Waals surface area contributed by atoms with Crippen molar-refractivity contribution in [3.8, 4) is 0 Å². The van der Waals surface area contributed by atoms with Crippen LogP contribution < -0.4 is 0 Å². The summed E-state index contributed by atoms with van der Waals surface area (Å²) in [6, 6.07) is 0. The summed E-state index contributed by atoms with van der Waals surface area (Å²) in [4.78, 5) is 11.4. The number of oxime groups is 1. The van der Waals surface area contributed by atoms with E-state index in [2.05, 4.69) is 5.16 Å². The molecule has 0 fully saturated rings. The van der Waals surface area contributed by atoms with Gasteiger partial charge in [0.25, 0.3) is 0 Å². The SMILES string of the molecule is CC(=O)N(C)/C(Cl)=N/O. The van der Waals surface area contributed by atoms with Crippen LogP contribution in [0.4, 0.5) is 0 Å². The number of halogens is 1. The minimum Gasteiger partial charge on any atom is -0.408 e. The Balaban J connectivity index is 4.04. The lowest BCUT2D eigenvalue weighted by Gasteiger charge is -2.08. The lowest BCUT2D eigenvalue weighted by molar-refractivity contribution is -0.124. The van der Waals surface area contributed by atoms with Gasteiger partial charge >= 0.3 is 0 Å². The molecule has 0 bridgehead atoms. The molecule has 0 aliphatic carbocycles. The molecule has 0 aromatic heterocycles. The van der Waals surface area contributed by atoms with Crippen LogP contribution in [-0.4, -0.2) is 28.4 Å². The molecular formula is C4H7ClN2O2. The molecule has 1 N–H and O–H groups in total. The van der Waals surface area contributed by atoms with Gasteiger partial charge in [0.1, 0.15) is 0 Å². The smallest absolute Gasteiger partial charge is 0.242 e. The third-order valence-electron chi connectivity index (χ3n) is 0.832. The molecule has 9 heavy (non-hydrogen) atoms. The maximum absolute atomic E-state index is 10.4. The summed E-state index contributed by atoms with van der Waals surface area (Å²) < 4.78 is 0. The van der Waals surface area contributed by atoms with Crippen molar-refractivity contribution in [2.45, 2.75) is 6.92 Å². The van der Waals surface area contributed by atoms with Crippen LogP contribution in [0.2, 0.25) is 0 Å². The fourth-order valence-electron chi connectivity index (χ4n) is 0.197. The largest absolute Gasteiger partial charge is 0.408 e. The second kappa shape index (κ2) is 3.29. The van der Waals surface area contributed by atoms with Crippen molar-refractivity contribution in [3.05, 3.63) is 0 Å². The molecule has 0 aromatic carbocycles. The maximum Gasteiger partial charge on any atom is 0.242 e. The molecule has 52 valence electrons. The molecule has 0 radical (unpaired) electrons. The highest BCUT2D eigenvalue weighted by Crippen LogP contribution is 1.91. The van der Waals surface area contributed by atoms with Gasteiger partial charge in [-0.3, -0.25) is 9.69 Å². The van der Waals surface area contributed by atoms with E-state index in [0.717, 1.165) is 4.90 Å². The first-order valence-corrected chi connectivity index (χ1v) is 2.59. The molecule has 0 aliphatic rings. The van der Waals surface area contributed by atoms with E-state index in [0.29, 0.717) is 0 Å². The molecule has 1 amide bonds. The molecule has 0 unspecified atom stereocenters. The Bertz CT molecular complexity index is 146. The fourth-order valence-corrected chi connectivity index (χ4v) is 0.316. The number of hydrogen-bond acceptors (Lipinski definition) is 3. The molecule has 0 rings (SSSR count). The molecule has 0 aliphatic heterocycles. The van der Waals surface area contributed by atoms with E-state index in [4.69, 9.17) is 16.8 Å². The first-order valence-electron chi connectivity index (χ1n) is 2.21. The quantitative estimate of drug-likeness (QED) is 0.179. The van der Waals surface area contributed by atoms with Crippen LogP contribution in [0.1, 0.15) is 6.92 Å². The van der Waals surface area contributed by atoms with E-state index in [-0.39, 0.29) is 11.2 Å². The molecule has 0 atom stereocenters. The minimum absolute atomic E-state index is 0.234. The van der Waals surface area contributed by atoms with Gasteiger partial charge in [0.2, 0.25) is 11.2 Å². The van der Waals surface area contributed by atoms with Crippen LogP contribution in [-0.2, 0) is 4.79 Å². The molecule has 5 heteroatoms. The van der Waals surface area contributed by atoms with Gasteiger partial charge in [-0.05, 0) is 11.6 Å². The zero-order chi connectivity index (χ0) is 7.44. The molecule has 0 heterocycles. The first kappa shape index (κ1) is 8.23. The van der Waals surface area contributed by atoms with Crippen LogP contribution >= 0.6 is 11.6 Å². The van der Waals surface area contributed by atoms with E-state index in [9.17, 15) is 4.79 Å². The first-order chi connectivity index (χ1) is 4.09. The Morgan fingerprint density at radius 3 is 2.33 bits per heavy atom. The summed E-state index contributed by atoms with van der Waals surface area (Å²) in [7, 11) is 1.41. The Morgan fingerprint density at radius 2 is 2.22 bits per heavy atom. The Labute approximate surface area is 57.7 Å². The molecular weight excluding hydrogens is 144 g/mol. The van der Waals surface area contributed by atoms with Crippen molar-refractivity contribution in [3.63, 3.8) is 0 Å². The van der Waals surface area contributed by atoms with E-state index in [1.54, 1.807) is 0 Å². The van der Waals surface area contributed by atoms with Crippen molar-refractivity contribution in [1.82, 2.24) is 4.90 Å². The zero-order valence-electron chi connectivity index (χ0n) is 5.13. The highest BCUT2D eigenvalue weighted by molar-refractivity contribution is 6.65. The Kier molecular flexibility index (Phi) is 3.01.